The van der Waals surface area contributed by atoms with Crippen LogP contribution in [-0.2, 0) is 13.1 Å². The first-order valence-corrected chi connectivity index (χ1v) is 14.5. The Balaban J connectivity index is 1.35. The molecular weight excluding hydrogens is 548 g/mol. The van der Waals surface area contributed by atoms with E-state index in [1.807, 2.05) is 84.9 Å². The molecule has 6 heterocycles. The first kappa shape index (κ1) is 23.5. The van der Waals surface area contributed by atoms with Gasteiger partial charge in [0.25, 0.3) is 11.1 Å². The Morgan fingerprint density at radius 1 is 0.432 bits per heavy atom. The van der Waals surface area contributed by atoms with Crippen LogP contribution in [0.5, 0.6) is 0 Å². The summed E-state index contributed by atoms with van der Waals surface area (Å²) in [6.45, 7) is 0.684. The van der Waals surface area contributed by atoms with E-state index in [0.29, 0.717) is 57.9 Å². The van der Waals surface area contributed by atoms with Gasteiger partial charge in [0.05, 0.1) is 45.9 Å². The van der Waals surface area contributed by atoms with E-state index >= 15 is 0 Å². The van der Waals surface area contributed by atoms with Crippen molar-refractivity contribution in [2.45, 2.75) is 13.1 Å². The van der Waals surface area contributed by atoms with Gasteiger partial charge in [-0.15, -0.1) is 0 Å². The number of hydrogen-bond acceptors (Lipinski definition) is 6. The lowest BCUT2D eigenvalue weighted by Gasteiger charge is -2.17. The van der Waals surface area contributed by atoms with Crippen molar-refractivity contribution in [2.24, 2.45) is 0 Å². The summed E-state index contributed by atoms with van der Waals surface area (Å²) < 4.78 is 3.47. The van der Waals surface area contributed by atoms with Crippen molar-refractivity contribution in [3.05, 3.63) is 129 Å². The molecule has 4 aromatic carbocycles. The quantitative estimate of drug-likeness (QED) is 0.244. The highest BCUT2D eigenvalue weighted by atomic mass is 16.1. The van der Waals surface area contributed by atoms with Crippen LogP contribution in [0.15, 0.2) is 107 Å². The lowest BCUT2D eigenvalue weighted by atomic mass is 9.88. The Bertz CT molecular complexity index is 2540. The van der Waals surface area contributed by atoms with E-state index in [1.54, 1.807) is 9.13 Å². The molecule has 0 unspecified atom stereocenters. The fourth-order valence-electron chi connectivity index (χ4n) is 7.06. The molecule has 206 valence electrons. The second-order valence-corrected chi connectivity index (χ2v) is 11.3. The van der Waals surface area contributed by atoms with Crippen molar-refractivity contribution < 1.29 is 0 Å². The van der Waals surface area contributed by atoms with Gasteiger partial charge in [-0.25, -0.2) is 19.9 Å². The number of nitrogens with zero attached hydrogens (tertiary/aromatic N) is 6. The van der Waals surface area contributed by atoms with Crippen molar-refractivity contribution in [3.63, 3.8) is 0 Å². The second kappa shape index (κ2) is 8.29. The number of hydrogen-bond donors (Lipinski definition) is 0. The van der Waals surface area contributed by atoms with Gasteiger partial charge >= 0.3 is 0 Å². The highest BCUT2D eigenvalue weighted by Gasteiger charge is 2.34. The first-order chi connectivity index (χ1) is 21.7. The maximum absolute atomic E-state index is 13.8. The third-order valence-corrected chi connectivity index (χ3v) is 9.02. The van der Waals surface area contributed by atoms with Gasteiger partial charge < -0.3 is 0 Å². The van der Waals surface area contributed by atoms with Crippen LogP contribution in [0.25, 0.3) is 77.8 Å². The summed E-state index contributed by atoms with van der Waals surface area (Å²) >= 11 is 0. The zero-order valence-electron chi connectivity index (χ0n) is 23.2. The van der Waals surface area contributed by atoms with Crippen LogP contribution in [-0.4, -0.2) is 29.1 Å². The van der Waals surface area contributed by atoms with Crippen LogP contribution in [0.3, 0.4) is 0 Å². The summed E-state index contributed by atoms with van der Waals surface area (Å²) in [6, 6.07) is 31.0. The second-order valence-electron chi connectivity index (χ2n) is 11.3. The number of aromatic nitrogens is 6. The standard InChI is InChI=1S/C36H20N6O2/c43-35-21-11-3-7-15-27(21)39-33-31-23(17-41(33)35)29(19-9-1-5-13-25(19)37-31)30-20-10-2-6-14-26(20)38-32-24(30)18-42-34(32)40-28-16-8-4-12-22(28)36(42)44/h1-16H,17-18H2. The van der Waals surface area contributed by atoms with Crippen molar-refractivity contribution in [2.75, 3.05) is 0 Å². The molecule has 0 aliphatic carbocycles. The first-order valence-electron chi connectivity index (χ1n) is 14.5. The number of rotatable bonds is 1. The predicted octanol–water partition coefficient (Wildman–Crippen LogP) is 5.93. The summed E-state index contributed by atoms with van der Waals surface area (Å²) in [6.07, 6.45) is 0. The molecule has 0 saturated carbocycles. The third-order valence-electron chi connectivity index (χ3n) is 9.02. The van der Waals surface area contributed by atoms with Crippen molar-refractivity contribution in [3.8, 4) is 34.2 Å². The lowest BCUT2D eigenvalue weighted by Crippen LogP contribution is -2.20. The molecular formula is C36H20N6O2. The van der Waals surface area contributed by atoms with E-state index in [0.717, 1.165) is 44.1 Å². The van der Waals surface area contributed by atoms with Gasteiger partial charge in [-0.3, -0.25) is 18.7 Å². The molecule has 2 aliphatic rings. The smallest absolute Gasteiger partial charge is 0.262 e. The van der Waals surface area contributed by atoms with Gasteiger partial charge in [-0.05, 0) is 47.5 Å². The SMILES string of the molecule is O=c1c2ccccc2nc2n1Cc1c-2nc2ccccc2c1-c1c2c(nc3ccccc13)-c1nc3ccccc3c(=O)n1C2. The zero-order valence-corrected chi connectivity index (χ0v) is 23.2. The molecule has 2 aliphatic heterocycles. The van der Waals surface area contributed by atoms with E-state index in [-0.39, 0.29) is 11.1 Å². The zero-order chi connectivity index (χ0) is 29.1. The average Bonchev–Trinajstić information content (AvgIpc) is 3.61. The van der Waals surface area contributed by atoms with Gasteiger partial charge in [0.2, 0.25) is 0 Å². The highest BCUT2D eigenvalue weighted by molar-refractivity contribution is 6.09. The molecule has 0 radical (unpaired) electrons. The van der Waals surface area contributed by atoms with Gasteiger partial charge in [-0.2, -0.15) is 0 Å². The van der Waals surface area contributed by atoms with Crippen LogP contribution in [0, 0.1) is 0 Å². The molecule has 0 spiro atoms. The average molecular weight is 569 g/mol. The topological polar surface area (TPSA) is 95.6 Å². The normalized spacial score (nSPS) is 13.0. The molecule has 0 fully saturated rings. The number of benzene rings is 4. The van der Waals surface area contributed by atoms with E-state index in [2.05, 4.69) is 12.1 Å². The van der Waals surface area contributed by atoms with Crippen LogP contribution in [0.2, 0.25) is 0 Å². The molecule has 0 bridgehead atoms. The molecule has 8 heteroatoms. The number of pyridine rings is 2. The van der Waals surface area contributed by atoms with Gasteiger partial charge in [0, 0.05) is 21.9 Å². The Hall–Kier alpha value is -6.02. The molecule has 4 aromatic heterocycles. The maximum Gasteiger partial charge on any atom is 0.262 e. The summed E-state index contributed by atoms with van der Waals surface area (Å²) in [5, 5.41) is 3.10. The Morgan fingerprint density at radius 2 is 0.773 bits per heavy atom. The van der Waals surface area contributed by atoms with Crippen LogP contribution in [0.1, 0.15) is 11.1 Å². The minimum Gasteiger partial charge on any atom is -0.286 e. The summed E-state index contributed by atoms with van der Waals surface area (Å²) in [4.78, 5) is 47.6. The molecule has 10 rings (SSSR count). The molecule has 0 amide bonds. The Labute approximate surface area is 248 Å². The minimum atomic E-state index is -0.0849. The Kier molecular flexibility index (Phi) is 4.44. The molecule has 0 saturated heterocycles. The van der Waals surface area contributed by atoms with Crippen molar-refractivity contribution in [1.82, 2.24) is 29.1 Å². The summed E-state index contributed by atoms with van der Waals surface area (Å²) in [7, 11) is 0. The molecule has 0 N–H and O–H groups in total. The summed E-state index contributed by atoms with van der Waals surface area (Å²) in [5.74, 6) is 1.14. The third kappa shape index (κ3) is 2.96. The summed E-state index contributed by atoms with van der Waals surface area (Å²) in [5.41, 5.74) is 7.99. The van der Waals surface area contributed by atoms with Gasteiger partial charge in [0.1, 0.15) is 11.4 Å². The molecule has 0 atom stereocenters. The predicted molar refractivity (Wildman–Crippen MR) is 171 cm³/mol. The monoisotopic (exact) mass is 568 g/mol. The van der Waals surface area contributed by atoms with E-state index in [4.69, 9.17) is 19.9 Å². The van der Waals surface area contributed by atoms with E-state index in [9.17, 15) is 9.59 Å². The molecule has 8 aromatic rings. The van der Waals surface area contributed by atoms with Crippen LogP contribution < -0.4 is 11.1 Å². The van der Waals surface area contributed by atoms with Crippen molar-refractivity contribution >= 4 is 43.6 Å². The van der Waals surface area contributed by atoms with E-state index in [1.165, 1.54) is 0 Å². The van der Waals surface area contributed by atoms with Crippen molar-refractivity contribution in [1.29, 1.82) is 0 Å². The molecule has 8 nitrogen and oxygen atoms in total. The largest absolute Gasteiger partial charge is 0.286 e. The van der Waals surface area contributed by atoms with Gasteiger partial charge in [0.15, 0.2) is 11.6 Å². The molecule has 44 heavy (non-hydrogen) atoms. The minimum absolute atomic E-state index is 0.0849. The highest BCUT2D eigenvalue weighted by Crippen LogP contribution is 2.47. The van der Waals surface area contributed by atoms with Gasteiger partial charge in [-0.1, -0.05) is 60.7 Å². The van der Waals surface area contributed by atoms with Crippen LogP contribution >= 0.6 is 0 Å². The number of para-hydroxylation sites is 4. The fraction of sp³-hybridized carbons (Fsp3) is 0.0556. The Morgan fingerprint density at radius 3 is 1.18 bits per heavy atom. The van der Waals surface area contributed by atoms with Crippen LogP contribution in [0.4, 0.5) is 0 Å². The fourth-order valence-corrected chi connectivity index (χ4v) is 7.06. The maximum atomic E-state index is 13.8. The lowest BCUT2D eigenvalue weighted by molar-refractivity contribution is 0.794. The van der Waals surface area contributed by atoms with E-state index < -0.39 is 0 Å². The number of fused-ring (bicyclic) bond motifs is 10.